The minimum atomic E-state index is -4.36. The number of aliphatic hydroxyl groups excluding tert-OH is 1. The molecule has 0 aliphatic heterocycles. The third-order valence-corrected chi connectivity index (χ3v) is 3.77. The Balaban J connectivity index is 0. The average Bonchev–Trinajstić information content (AvgIpc) is 2.12. The van der Waals surface area contributed by atoms with Crippen LogP contribution in [0.1, 0.15) is 52.4 Å². The molecule has 0 aromatic heterocycles. The van der Waals surface area contributed by atoms with Crippen LogP contribution in [0.2, 0.25) is 0 Å². The zero-order valence-electron chi connectivity index (χ0n) is 10.5. The van der Waals surface area contributed by atoms with Crippen molar-refractivity contribution >= 4 is 10.1 Å². The van der Waals surface area contributed by atoms with Crippen molar-refractivity contribution in [2.24, 2.45) is 0 Å². The number of aliphatic hydroxyl groups is 1. The van der Waals surface area contributed by atoms with Gasteiger partial charge in [0, 0.05) is 0 Å². The molecule has 6 heteroatoms. The van der Waals surface area contributed by atoms with Crippen molar-refractivity contribution in [2.75, 3.05) is 0 Å². The van der Waals surface area contributed by atoms with Gasteiger partial charge in [-0.25, -0.2) is 8.42 Å². The summed E-state index contributed by atoms with van der Waals surface area (Å²) in [6, 6.07) is 0. The Morgan fingerprint density at radius 1 is 1.12 bits per heavy atom. The smallest absolute Gasteiger partial charge is 0.748 e. The summed E-state index contributed by atoms with van der Waals surface area (Å²) in [7, 11) is -4.36. The molecule has 0 rings (SSSR count). The van der Waals surface area contributed by atoms with Gasteiger partial charge in [-0.15, -0.1) is 0 Å². The molecule has 92 valence electrons. The van der Waals surface area contributed by atoms with Crippen LogP contribution in [0, 0.1) is 0 Å². The molecule has 1 N–H and O–H groups in total. The molecule has 0 fully saturated rings. The van der Waals surface area contributed by atoms with Gasteiger partial charge < -0.3 is 9.66 Å². The SMILES string of the molecule is CCCCCC(O)C(CCC)S(=O)(=O)[O-].[Na+]. The summed E-state index contributed by atoms with van der Waals surface area (Å²) < 4.78 is 32.6. The minimum Gasteiger partial charge on any atom is -0.748 e. The first-order valence-corrected chi connectivity index (χ1v) is 7.03. The second kappa shape index (κ2) is 9.85. The van der Waals surface area contributed by atoms with E-state index in [0.29, 0.717) is 12.8 Å². The van der Waals surface area contributed by atoms with Crippen LogP contribution in [0.5, 0.6) is 0 Å². The molecule has 2 unspecified atom stereocenters. The van der Waals surface area contributed by atoms with E-state index in [-0.39, 0.29) is 36.0 Å². The summed E-state index contributed by atoms with van der Waals surface area (Å²) >= 11 is 0. The van der Waals surface area contributed by atoms with Crippen molar-refractivity contribution in [3.8, 4) is 0 Å². The van der Waals surface area contributed by atoms with Gasteiger partial charge in [0.05, 0.1) is 11.4 Å². The maximum atomic E-state index is 10.9. The van der Waals surface area contributed by atoms with Crippen molar-refractivity contribution in [1.82, 2.24) is 0 Å². The van der Waals surface area contributed by atoms with E-state index in [1.807, 2.05) is 6.92 Å². The number of hydrogen-bond acceptors (Lipinski definition) is 4. The molecular weight excluding hydrogens is 239 g/mol. The first-order chi connectivity index (χ1) is 6.93. The second-order valence-corrected chi connectivity index (χ2v) is 5.47. The summed E-state index contributed by atoms with van der Waals surface area (Å²) in [4.78, 5) is 0. The molecule has 0 aromatic rings. The van der Waals surface area contributed by atoms with Gasteiger partial charge in [0.1, 0.15) is 10.1 Å². The zero-order valence-corrected chi connectivity index (χ0v) is 13.3. The fourth-order valence-electron chi connectivity index (χ4n) is 1.60. The van der Waals surface area contributed by atoms with Crippen LogP contribution in [-0.4, -0.2) is 29.4 Å². The maximum absolute atomic E-state index is 10.9. The van der Waals surface area contributed by atoms with Crippen molar-refractivity contribution in [1.29, 1.82) is 0 Å². The first-order valence-electron chi connectivity index (χ1n) is 5.56. The summed E-state index contributed by atoms with van der Waals surface area (Å²) in [6.45, 7) is 3.83. The predicted molar refractivity (Wildman–Crippen MR) is 58.5 cm³/mol. The van der Waals surface area contributed by atoms with Gasteiger partial charge in [0.25, 0.3) is 0 Å². The summed E-state index contributed by atoms with van der Waals surface area (Å²) in [5.74, 6) is 0. The monoisotopic (exact) mass is 260 g/mol. The van der Waals surface area contributed by atoms with E-state index in [1.165, 1.54) is 0 Å². The van der Waals surface area contributed by atoms with Crippen molar-refractivity contribution in [2.45, 2.75) is 63.7 Å². The van der Waals surface area contributed by atoms with Gasteiger partial charge in [0.2, 0.25) is 0 Å². The Labute approximate surface area is 121 Å². The predicted octanol–water partition coefficient (Wildman–Crippen LogP) is -1.35. The average molecular weight is 260 g/mol. The standard InChI is InChI=1S/C10H22O4S.Na/c1-3-5-6-8-9(11)10(7-4-2)15(12,13)14;/h9-11H,3-8H2,1-2H3,(H,12,13,14);/q;+1/p-1. The Morgan fingerprint density at radius 2 is 1.69 bits per heavy atom. The minimum absolute atomic E-state index is 0. The van der Waals surface area contributed by atoms with Crippen LogP contribution in [0.3, 0.4) is 0 Å². The number of rotatable bonds is 8. The third-order valence-electron chi connectivity index (χ3n) is 2.48. The van der Waals surface area contributed by atoms with E-state index in [2.05, 4.69) is 0 Å². The van der Waals surface area contributed by atoms with E-state index < -0.39 is 21.5 Å². The maximum Gasteiger partial charge on any atom is 1.00 e. The molecular formula is C10H21NaO4S. The van der Waals surface area contributed by atoms with Gasteiger partial charge in [-0.05, 0) is 12.8 Å². The normalized spacial score (nSPS) is 15.2. The van der Waals surface area contributed by atoms with Crippen LogP contribution in [0.4, 0.5) is 0 Å². The van der Waals surface area contributed by atoms with Gasteiger partial charge in [-0.3, -0.25) is 0 Å². The molecule has 0 radical (unpaired) electrons. The van der Waals surface area contributed by atoms with Gasteiger partial charge >= 0.3 is 29.6 Å². The van der Waals surface area contributed by atoms with E-state index in [9.17, 15) is 18.1 Å². The quantitative estimate of drug-likeness (QED) is 0.332. The molecule has 4 nitrogen and oxygen atoms in total. The molecule has 2 atom stereocenters. The summed E-state index contributed by atoms with van der Waals surface area (Å²) in [6.07, 6.45) is 2.98. The van der Waals surface area contributed by atoms with Crippen molar-refractivity contribution in [3.63, 3.8) is 0 Å². The number of unbranched alkanes of at least 4 members (excludes halogenated alkanes) is 2. The summed E-state index contributed by atoms with van der Waals surface area (Å²) in [5, 5.41) is 8.50. The summed E-state index contributed by atoms with van der Waals surface area (Å²) in [5.41, 5.74) is 0. The van der Waals surface area contributed by atoms with Crippen molar-refractivity contribution in [3.05, 3.63) is 0 Å². The van der Waals surface area contributed by atoms with Crippen molar-refractivity contribution < 1.29 is 47.6 Å². The van der Waals surface area contributed by atoms with Crippen LogP contribution in [0.25, 0.3) is 0 Å². The zero-order chi connectivity index (χ0) is 11.9. The number of hydrogen-bond donors (Lipinski definition) is 1. The molecule has 16 heavy (non-hydrogen) atoms. The first kappa shape index (κ1) is 19.2. The van der Waals surface area contributed by atoms with Crippen LogP contribution in [0.15, 0.2) is 0 Å². The van der Waals surface area contributed by atoms with Crippen LogP contribution in [-0.2, 0) is 10.1 Å². The Morgan fingerprint density at radius 3 is 2.06 bits per heavy atom. The van der Waals surface area contributed by atoms with Crippen LogP contribution >= 0.6 is 0 Å². The van der Waals surface area contributed by atoms with Gasteiger partial charge in [-0.1, -0.05) is 39.5 Å². The molecule has 0 bridgehead atoms. The molecule has 0 aliphatic carbocycles. The Hall–Kier alpha value is 0.870. The second-order valence-electron chi connectivity index (χ2n) is 3.88. The van der Waals surface area contributed by atoms with Gasteiger partial charge in [0.15, 0.2) is 0 Å². The molecule has 0 saturated heterocycles. The van der Waals surface area contributed by atoms with E-state index in [0.717, 1.165) is 19.3 Å². The molecule has 0 spiro atoms. The van der Waals surface area contributed by atoms with E-state index in [1.54, 1.807) is 6.92 Å². The fourth-order valence-corrected chi connectivity index (χ4v) is 2.65. The largest absolute Gasteiger partial charge is 1.00 e. The van der Waals surface area contributed by atoms with Crippen LogP contribution < -0.4 is 29.6 Å². The van der Waals surface area contributed by atoms with Gasteiger partial charge in [-0.2, -0.15) is 0 Å². The molecule has 0 aliphatic rings. The Bertz CT molecular complexity index is 254. The molecule has 0 saturated carbocycles. The fraction of sp³-hybridized carbons (Fsp3) is 1.00. The van der Waals surface area contributed by atoms with E-state index >= 15 is 0 Å². The molecule has 0 aromatic carbocycles. The molecule has 0 amide bonds. The topological polar surface area (TPSA) is 77.4 Å². The Kier molecular flexibility index (Phi) is 11.8. The van der Waals surface area contributed by atoms with E-state index in [4.69, 9.17) is 0 Å². The molecule has 0 heterocycles. The third kappa shape index (κ3) is 8.03.